The average molecular weight is 253 g/mol. The van der Waals surface area contributed by atoms with Gasteiger partial charge in [-0.1, -0.05) is 12.8 Å². The zero-order valence-corrected chi connectivity index (χ0v) is 10.9. The van der Waals surface area contributed by atoms with Crippen LogP contribution in [0.4, 0.5) is 4.39 Å². The van der Waals surface area contributed by atoms with Crippen LogP contribution >= 0.6 is 11.8 Å². The van der Waals surface area contributed by atoms with E-state index in [4.69, 9.17) is 0 Å². The van der Waals surface area contributed by atoms with E-state index in [1.165, 1.54) is 44.2 Å². The van der Waals surface area contributed by atoms with Crippen LogP contribution in [0.2, 0.25) is 0 Å². The van der Waals surface area contributed by atoms with Crippen LogP contribution in [0.5, 0.6) is 0 Å². The van der Waals surface area contributed by atoms with Crippen molar-refractivity contribution in [1.82, 2.24) is 5.32 Å². The molecule has 3 heteroatoms. The molecular formula is C14H20FNS. The molecule has 1 fully saturated rings. The van der Waals surface area contributed by atoms with Crippen molar-refractivity contribution in [2.75, 3.05) is 12.3 Å². The van der Waals surface area contributed by atoms with Crippen molar-refractivity contribution < 1.29 is 4.39 Å². The maximum Gasteiger partial charge on any atom is 0.123 e. The molecule has 17 heavy (non-hydrogen) atoms. The summed E-state index contributed by atoms with van der Waals surface area (Å²) in [5.74, 6) is 0.947. The summed E-state index contributed by atoms with van der Waals surface area (Å²) in [7, 11) is 0. The minimum absolute atomic E-state index is 0.155. The predicted molar refractivity (Wildman–Crippen MR) is 72.0 cm³/mol. The number of hydrogen-bond acceptors (Lipinski definition) is 2. The maximum absolute atomic E-state index is 12.7. The molecule has 1 saturated carbocycles. The van der Waals surface area contributed by atoms with Gasteiger partial charge in [0, 0.05) is 10.9 Å². The van der Waals surface area contributed by atoms with E-state index in [9.17, 15) is 4.39 Å². The fraction of sp³-hybridized carbons (Fsp3) is 0.571. The quantitative estimate of drug-likeness (QED) is 0.610. The highest BCUT2D eigenvalue weighted by Crippen LogP contribution is 2.19. The lowest BCUT2D eigenvalue weighted by molar-refractivity contribution is 0.525. The summed E-state index contributed by atoms with van der Waals surface area (Å²) < 4.78 is 12.7. The van der Waals surface area contributed by atoms with Gasteiger partial charge in [0.05, 0.1) is 0 Å². The lowest BCUT2D eigenvalue weighted by Crippen LogP contribution is -2.27. The molecule has 0 saturated heterocycles. The SMILES string of the molecule is Fc1ccc(SCCCNC2CCCC2)cc1. The second-order valence-electron chi connectivity index (χ2n) is 4.59. The molecule has 0 atom stereocenters. The molecule has 1 aliphatic rings. The second kappa shape index (κ2) is 7.02. The Morgan fingerprint density at radius 1 is 1.18 bits per heavy atom. The molecule has 0 spiro atoms. The van der Waals surface area contributed by atoms with Crippen LogP contribution in [0.1, 0.15) is 32.1 Å². The lowest BCUT2D eigenvalue weighted by atomic mass is 10.2. The highest BCUT2D eigenvalue weighted by Gasteiger charge is 2.12. The molecule has 1 N–H and O–H groups in total. The summed E-state index contributed by atoms with van der Waals surface area (Å²) in [6.45, 7) is 1.11. The Hall–Kier alpha value is -0.540. The van der Waals surface area contributed by atoms with Gasteiger partial charge in [-0.2, -0.15) is 0 Å². The standard InChI is InChI=1S/C14H20FNS/c15-12-6-8-14(9-7-12)17-11-3-10-16-13-4-1-2-5-13/h6-9,13,16H,1-5,10-11H2. The molecule has 94 valence electrons. The van der Waals surface area contributed by atoms with E-state index in [0.29, 0.717) is 0 Å². The third kappa shape index (κ3) is 4.68. The molecule has 1 aromatic carbocycles. The third-order valence-corrected chi connectivity index (χ3v) is 4.29. The Kier molecular flexibility index (Phi) is 5.33. The highest BCUT2D eigenvalue weighted by atomic mass is 32.2. The van der Waals surface area contributed by atoms with Crippen LogP contribution in [-0.4, -0.2) is 18.3 Å². The number of thioether (sulfide) groups is 1. The Morgan fingerprint density at radius 2 is 1.88 bits per heavy atom. The summed E-state index contributed by atoms with van der Waals surface area (Å²) >= 11 is 1.80. The molecule has 0 bridgehead atoms. The maximum atomic E-state index is 12.7. The minimum Gasteiger partial charge on any atom is -0.314 e. The fourth-order valence-corrected chi connectivity index (χ4v) is 3.08. The molecule has 2 rings (SSSR count). The van der Waals surface area contributed by atoms with Crippen LogP contribution in [0.3, 0.4) is 0 Å². The van der Waals surface area contributed by atoms with Crippen molar-refractivity contribution >= 4 is 11.8 Å². The van der Waals surface area contributed by atoms with E-state index in [0.717, 1.165) is 23.2 Å². The fourth-order valence-electron chi connectivity index (χ4n) is 2.23. The smallest absolute Gasteiger partial charge is 0.123 e. The molecule has 1 nitrogen and oxygen atoms in total. The van der Waals surface area contributed by atoms with Crippen molar-refractivity contribution in [3.05, 3.63) is 30.1 Å². The van der Waals surface area contributed by atoms with Gasteiger partial charge in [0.25, 0.3) is 0 Å². The van der Waals surface area contributed by atoms with Gasteiger partial charge in [0.1, 0.15) is 5.82 Å². The summed E-state index contributed by atoms with van der Waals surface area (Å²) in [6, 6.07) is 7.53. The monoisotopic (exact) mass is 253 g/mol. The van der Waals surface area contributed by atoms with Gasteiger partial charge in [-0.05, 0) is 55.8 Å². The van der Waals surface area contributed by atoms with E-state index < -0.39 is 0 Å². The lowest BCUT2D eigenvalue weighted by Gasteiger charge is -2.11. The van der Waals surface area contributed by atoms with Gasteiger partial charge in [0.2, 0.25) is 0 Å². The first-order valence-electron chi connectivity index (χ1n) is 6.46. The number of rotatable bonds is 6. The Morgan fingerprint density at radius 3 is 2.59 bits per heavy atom. The van der Waals surface area contributed by atoms with Crippen molar-refractivity contribution in [3.8, 4) is 0 Å². The first kappa shape index (κ1) is 12.9. The van der Waals surface area contributed by atoms with Gasteiger partial charge in [-0.25, -0.2) is 4.39 Å². The average Bonchev–Trinajstić information content (AvgIpc) is 2.84. The molecule has 1 aromatic rings. The highest BCUT2D eigenvalue weighted by molar-refractivity contribution is 7.99. The normalized spacial score (nSPS) is 16.5. The van der Waals surface area contributed by atoms with Crippen LogP contribution in [-0.2, 0) is 0 Å². The molecule has 0 amide bonds. The topological polar surface area (TPSA) is 12.0 Å². The number of hydrogen-bond donors (Lipinski definition) is 1. The molecule has 0 aliphatic heterocycles. The van der Waals surface area contributed by atoms with Gasteiger partial charge >= 0.3 is 0 Å². The number of nitrogens with one attached hydrogen (secondary N) is 1. The molecule has 0 aromatic heterocycles. The summed E-state index contributed by atoms with van der Waals surface area (Å²) in [5.41, 5.74) is 0. The minimum atomic E-state index is -0.155. The van der Waals surface area contributed by atoms with E-state index in [1.807, 2.05) is 12.1 Å². The third-order valence-electron chi connectivity index (χ3n) is 3.19. The van der Waals surface area contributed by atoms with Gasteiger partial charge in [-0.15, -0.1) is 11.8 Å². The molecule has 0 radical (unpaired) electrons. The predicted octanol–water partition coefficient (Wildman–Crippen LogP) is 3.84. The molecule has 0 unspecified atom stereocenters. The van der Waals surface area contributed by atoms with Crippen LogP contribution < -0.4 is 5.32 Å². The van der Waals surface area contributed by atoms with E-state index in [1.54, 1.807) is 11.8 Å². The largest absolute Gasteiger partial charge is 0.314 e. The van der Waals surface area contributed by atoms with Crippen molar-refractivity contribution in [1.29, 1.82) is 0 Å². The molecule has 1 aliphatic carbocycles. The van der Waals surface area contributed by atoms with E-state index in [2.05, 4.69) is 5.32 Å². The van der Waals surface area contributed by atoms with E-state index >= 15 is 0 Å². The van der Waals surface area contributed by atoms with Crippen LogP contribution in [0, 0.1) is 5.82 Å². The van der Waals surface area contributed by atoms with E-state index in [-0.39, 0.29) is 5.82 Å². The first-order valence-corrected chi connectivity index (χ1v) is 7.45. The Bertz CT molecular complexity index is 319. The van der Waals surface area contributed by atoms with Gasteiger partial charge in [-0.3, -0.25) is 0 Å². The van der Waals surface area contributed by atoms with Crippen LogP contribution in [0.25, 0.3) is 0 Å². The van der Waals surface area contributed by atoms with Gasteiger partial charge in [0.15, 0.2) is 0 Å². The summed E-state index contributed by atoms with van der Waals surface area (Å²) in [5, 5.41) is 3.60. The summed E-state index contributed by atoms with van der Waals surface area (Å²) in [6.07, 6.45) is 6.67. The molecular weight excluding hydrogens is 233 g/mol. The zero-order valence-electron chi connectivity index (χ0n) is 10.1. The zero-order chi connectivity index (χ0) is 11.9. The van der Waals surface area contributed by atoms with Crippen molar-refractivity contribution in [2.24, 2.45) is 0 Å². The molecule has 0 heterocycles. The van der Waals surface area contributed by atoms with Crippen LogP contribution in [0.15, 0.2) is 29.2 Å². The second-order valence-corrected chi connectivity index (χ2v) is 5.76. The first-order chi connectivity index (χ1) is 8.34. The Balaban J connectivity index is 1.55. The van der Waals surface area contributed by atoms with Crippen molar-refractivity contribution in [2.45, 2.75) is 43.0 Å². The summed E-state index contributed by atoms with van der Waals surface area (Å²) in [4.78, 5) is 1.16. The number of benzene rings is 1. The van der Waals surface area contributed by atoms with Gasteiger partial charge < -0.3 is 5.32 Å². The number of halogens is 1. The van der Waals surface area contributed by atoms with Crippen molar-refractivity contribution in [3.63, 3.8) is 0 Å². The Labute approximate surface area is 107 Å².